The van der Waals surface area contributed by atoms with E-state index in [1.165, 1.54) is 49.7 Å². The molecule has 0 spiro atoms. The first-order valence-corrected chi connectivity index (χ1v) is 12.7. The third-order valence-electron chi connectivity index (χ3n) is 7.18. The third-order valence-corrected chi connectivity index (χ3v) is 7.18. The number of aromatic nitrogens is 2. The third kappa shape index (κ3) is 6.54. The minimum atomic E-state index is -0.139. The Hall–Kier alpha value is -2.46. The quantitative estimate of drug-likeness (QED) is 0.382. The zero-order valence-corrected chi connectivity index (χ0v) is 19.4. The maximum Gasteiger partial charge on any atom is 0.139 e. The summed E-state index contributed by atoms with van der Waals surface area (Å²) in [5, 5.41) is 0. The Kier molecular flexibility index (Phi) is 7.21. The van der Waals surface area contributed by atoms with E-state index in [0.29, 0.717) is 12.0 Å². The highest BCUT2D eigenvalue weighted by molar-refractivity contribution is 5.55. The second-order valence-electron chi connectivity index (χ2n) is 10.0. The molecule has 3 aliphatic carbocycles. The minimum Gasteiger partial charge on any atom is -0.378 e. The van der Waals surface area contributed by atoms with Crippen molar-refractivity contribution in [2.45, 2.75) is 69.9 Å². The summed E-state index contributed by atoms with van der Waals surface area (Å²) in [5.74, 6) is 3.32. The highest BCUT2D eigenvalue weighted by Gasteiger charge is 2.26. The molecule has 0 bridgehead atoms. The molecule has 4 heteroatoms. The van der Waals surface area contributed by atoms with E-state index in [1.54, 1.807) is 12.1 Å². The molecule has 3 aromatic rings. The van der Waals surface area contributed by atoms with Gasteiger partial charge in [0.1, 0.15) is 11.6 Å². The van der Waals surface area contributed by atoms with Gasteiger partial charge in [0, 0.05) is 31.1 Å². The summed E-state index contributed by atoms with van der Waals surface area (Å²) in [6.45, 7) is 2.11. The summed E-state index contributed by atoms with van der Waals surface area (Å²) in [7, 11) is 0. The van der Waals surface area contributed by atoms with Crippen molar-refractivity contribution in [3.8, 4) is 11.4 Å². The van der Waals surface area contributed by atoms with Crippen LogP contribution < -0.4 is 0 Å². The van der Waals surface area contributed by atoms with Crippen molar-refractivity contribution in [3.63, 3.8) is 0 Å². The van der Waals surface area contributed by atoms with Crippen LogP contribution in [0.5, 0.6) is 0 Å². The molecule has 3 saturated carbocycles. The average molecular weight is 447 g/mol. The van der Waals surface area contributed by atoms with Gasteiger partial charge in [0.2, 0.25) is 0 Å². The zero-order chi connectivity index (χ0) is 22.5. The smallest absolute Gasteiger partial charge is 0.139 e. The van der Waals surface area contributed by atoms with Crippen LogP contribution >= 0.6 is 0 Å². The number of hydrogen-bond donors (Lipinski definition) is 0. The number of rotatable bonds is 7. The first-order valence-electron chi connectivity index (χ1n) is 12.7. The van der Waals surface area contributed by atoms with E-state index < -0.39 is 0 Å². The van der Waals surface area contributed by atoms with Crippen LogP contribution in [-0.4, -0.2) is 22.3 Å². The lowest BCUT2D eigenvalue weighted by Crippen LogP contribution is -2.21. The van der Waals surface area contributed by atoms with Crippen LogP contribution in [0.1, 0.15) is 62.8 Å². The molecule has 1 aromatic heterocycles. The van der Waals surface area contributed by atoms with Gasteiger partial charge in [-0.15, -0.1) is 0 Å². The Morgan fingerprint density at radius 1 is 0.818 bits per heavy atom. The first kappa shape index (κ1) is 22.3. The Balaban J connectivity index is 0.000000140. The molecule has 1 heterocycles. The van der Waals surface area contributed by atoms with Crippen LogP contribution in [0.15, 0.2) is 67.0 Å². The molecule has 0 unspecified atom stereocenters. The van der Waals surface area contributed by atoms with Crippen LogP contribution in [0, 0.1) is 17.7 Å². The summed E-state index contributed by atoms with van der Waals surface area (Å²) in [4.78, 5) is 4.43. The van der Waals surface area contributed by atoms with E-state index >= 15 is 0 Å². The van der Waals surface area contributed by atoms with Crippen LogP contribution in [0.3, 0.4) is 0 Å². The van der Waals surface area contributed by atoms with Gasteiger partial charge in [0.15, 0.2) is 0 Å². The summed E-state index contributed by atoms with van der Waals surface area (Å²) in [5.41, 5.74) is 2.50. The lowest BCUT2D eigenvalue weighted by Gasteiger charge is -2.28. The molecular weight excluding hydrogens is 411 g/mol. The fourth-order valence-corrected chi connectivity index (χ4v) is 4.74. The standard InChI is InChI=1S/C16H21FO.C13H14N2/c17-15-7-3-13(4-8-15)14-5-9-16(10-6-14)18-11-12-1-2-12;1-2-4-12(5-3-1)13-14-8-9-15(13)10-11-6-7-11/h3-4,7-8,12,14,16H,1-2,5-6,9-11H2;1-5,8-9,11H,6-7,10H2. The summed E-state index contributed by atoms with van der Waals surface area (Å²) >= 11 is 0. The maximum atomic E-state index is 12.9. The molecule has 3 fully saturated rings. The number of halogens is 1. The molecule has 3 nitrogen and oxygen atoms in total. The Morgan fingerprint density at radius 3 is 2.18 bits per heavy atom. The van der Waals surface area contributed by atoms with Crippen molar-refractivity contribution in [2.24, 2.45) is 11.8 Å². The fraction of sp³-hybridized carbons (Fsp3) is 0.483. The zero-order valence-electron chi connectivity index (χ0n) is 19.4. The molecule has 3 aliphatic rings. The molecule has 0 amide bonds. The largest absolute Gasteiger partial charge is 0.378 e. The molecule has 0 saturated heterocycles. The maximum absolute atomic E-state index is 12.9. The molecule has 6 rings (SSSR count). The monoisotopic (exact) mass is 446 g/mol. The SMILES string of the molecule is Fc1ccc(C2CCC(OCC3CC3)CC2)cc1.c1ccc(-c2nccn2CC2CC2)cc1. The number of hydrogen-bond acceptors (Lipinski definition) is 2. The van der Waals surface area contributed by atoms with Gasteiger partial charge < -0.3 is 9.30 Å². The lowest BCUT2D eigenvalue weighted by molar-refractivity contribution is 0.0186. The van der Waals surface area contributed by atoms with Crippen LogP contribution in [-0.2, 0) is 11.3 Å². The van der Waals surface area contributed by atoms with Crippen LogP contribution in [0.4, 0.5) is 4.39 Å². The Morgan fingerprint density at radius 2 is 1.52 bits per heavy atom. The average Bonchev–Trinajstić information content (AvgIpc) is 3.79. The van der Waals surface area contributed by atoms with E-state index in [9.17, 15) is 4.39 Å². The van der Waals surface area contributed by atoms with Gasteiger partial charge in [-0.2, -0.15) is 0 Å². The molecule has 0 atom stereocenters. The molecule has 2 aromatic carbocycles. The van der Waals surface area contributed by atoms with Gasteiger partial charge in [0.05, 0.1) is 6.10 Å². The van der Waals surface area contributed by atoms with Gasteiger partial charge in [-0.1, -0.05) is 42.5 Å². The predicted molar refractivity (Wildman–Crippen MR) is 130 cm³/mol. The number of nitrogens with zero attached hydrogens (tertiary/aromatic N) is 2. The van der Waals surface area contributed by atoms with E-state index in [0.717, 1.165) is 43.7 Å². The summed E-state index contributed by atoms with van der Waals surface area (Å²) in [6, 6.07) is 17.4. The van der Waals surface area contributed by atoms with Gasteiger partial charge >= 0.3 is 0 Å². The second-order valence-corrected chi connectivity index (χ2v) is 10.0. The van der Waals surface area contributed by atoms with E-state index in [4.69, 9.17) is 4.74 Å². The molecule has 33 heavy (non-hydrogen) atoms. The lowest BCUT2D eigenvalue weighted by atomic mass is 9.83. The van der Waals surface area contributed by atoms with Gasteiger partial charge in [-0.05, 0) is 86.8 Å². The first-order chi connectivity index (χ1) is 16.2. The van der Waals surface area contributed by atoms with Crippen molar-refractivity contribution in [3.05, 3.63) is 78.4 Å². The highest BCUT2D eigenvalue weighted by atomic mass is 19.1. The van der Waals surface area contributed by atoms with Crippen molar-refractivity contribution in [1.82, 2.24) is 9.55 Å². The molecule has 0 radical (unpaired) electrons. The Labute approximate surface area is 197 Å². The van der Waals surface area contributed by atoms with Gasteiger partial charge in [0.25, 0.3) is 0 Å². The van der Waals surface area contributed by atoms with Crippen molar-refractivity contribution >= 4 is 0 Å². The van der Waals surface area contributed by atoms with Crippen LogP contribution in [0.2, 0.25) is 0 Å². The highest BCUT2D eigenvalue weighted by Crippen LogP contribution is 2.36. The minimum absolute atomic E-state index is 0.139. The number of benzene rings is 2. The summed E-state index contributed by atoms with van der Waals surface area (Å²) in [6.07, 6.45) is 14.6. The fourth-order valence-electron chi connectivity index (χ4n) is 4.74. The van der Waals surface area contributed by atoms with Crippen molar-refractivity contribution < 1.29 is 9.13 Å². The number of ether oxygens (including phenoxy) is 1. The predicted octanol–water partition coefficient (Wildman–Crippen LogP) is 7.24. The van der Waals surface area contributed by atoms with E-state index in [1.807, 2.05) is 24.4 Å². The topological polar surface area (TPSA) is 27.1 Å². The van der Waals surface area contributed by atoms with Crippen molar-refractivity contribution in [2.75, 3.05) is 6.61 Å². The van der Waals surface area contributed by atoms with E-state index in [-0.39, 0.29) is 5.82 Å². The Bertz CT molecular complexity index is 984. The van der Waals surface area contributed by atoms with E-state index in [2.05, 4.69) is 40.0 Å². The molecule has 0 aliphatic heterocycles. The van der Waals surface area contributed by atoms with Gasteiger partial charge in [-0.25, -0.2) is 9.37 Å². The molecular formula is C29H35FN2O. The van der Waals surface area contributed by atoms with Crippen molar-refractivity contribution in [1.29, 1.82) is 0 Å². The summed E-state index contributed by atoms with van der Waals surface area (Å²) < 4.78 is 21.1. The normalized spacial score (nSPS) is 22.5. The molecule has 0 N–H and O–H groups in total. The molecule has 174 valence electrons. The second kappa shape index (κ2) is 10.6. The van der Waals surface area contributed by atoms with Gasteiger partial charge in [-0.3, -0.25) is 0 Å². The van der Waals surface area contributed by atoms with Crippen LogP contribution in [0.25, 0.3) is 11.4 Å². The number of imidazole rings is 1.